The van der Waals surface area contributed by atoms with Gasteiger partial charge in [0.15, 0.2) is 5.13 Å². The highest BCUT2D eigenvalue weighted by molar-refractivity contribution is 7.17. The highest BCUT2D eigenvalue weighted by Crippen LogP contribution is 2.25. The Morgan fingerprint density at radius 1 is 0.857 bits per heavy atom. The first-order valence-electron chi connectivity index (χ1n) is 8.53. The zero-order valence-electron chi connectivity index (χ0n) is 14.7. The van der Waals surface area contributed by atoms with E-state index < -0.39 is 0 Å². The van der Waals surface area contributed by atoms with E-state index in [0.29, 0.717) is 21.4 Å². The number of para-hydroxylation sites is 1. The van der Waals surface area contributed by atoms with Crippen molar-refractivity contribution in [3.63, 3.8) is 0 Å². The predicted octanol–water partition coefficient (Wildman–Crippen LogP) is 5.33. The Morgan fingerprint density at radius 3 is 2.39 bits per heavy atom. The molecule has 0 aliphatic rings. The van der Waals surface area contributed by atoms with Crippen molar-refractivity contribution < 1.29 is 9.53 Å². The van der Waals surface area contributed by atoms with Crippen LogP contribution in [-0.2, 0) is 0 Å². The van der Waals surface area contributed by atoms with Crippen LogP contribution < -0.4 is 15.4 Å². The van der Waals surface area contributed by atoms with Gasteiger partial charge in [0.25, 0.3) is 5.91 Å². The fourth-order valence-electron chi connectivity index (χ4n) is 2.42. The minimum absolute atomic E-state index is 0.214. The summed E-state index contributed by atoms with van der Waals surface area (Å²) in [6.45, 7) is 0. The molecule has 1 amide bonds. The van der Waals surface area contributed by atoms with Crippen LogP contribution in [0.2, 0.25) is 0 Å². The number of amides is 1. The first kappa shape index (κ1) is 17.7. The molecule has 0 atom stereocenters. The van der Waals surface area contributed by atoms with Gasteiger partial charge in [0.05, 0.1) is 18.1 Å². The average Bonchev–Trinajstić information content (AvgIpc) is 3.20. The molecule has 0 spiro atoms. The molecule has 0 radical (unpaired) electrons. The van der Waals surface area contributed by atoms with Crippen LogP contribution in [-0.4, -0.2) is 15.9 Å². The van der Waals surface area contributed by atoms with Gasteiger partial charge in [-0.15, -0.1) is 0 Å². The van der Waals surface area contributed by atoms with Crippen molar-refractivity contribution in [2.45, 2.75) is 0 Å². The van der Waals surface area contributed by atoms with Gasteiger partial charge in [0.1, 0.15) is 16.4 Å². The molecule has 138 valence electrons. The third-order valence-corrected chi connectivity index (χ3v) is 4.64. The van der Waals surface area contributed by atoms with Crippen molar-refractivity contribution in [1.82, 2.24) is 9.97 Å². The largest absolute Gasteiger partial charge is 0.457 e. The number of carbonyl (C=O) groups is 1. The number of thiazole rings is 1. The van der Waals surface area contributed by atoms with E-state index in [1.807, 2.05) is 54.6 Å². The lowest BCUT2D eigenvalue weighted by molar-refractivity contribution is 0.103. The minimum atomic E-state index is -0.214. The topological polar surface area (TPSA) is 76.1 Å². The molecular weight excluding hydrogens is 372 g/mol. The lowest BCUT2D eigenvalue weighted by Gasteiger charge is -2.07. The smallest absolute Gasteiger partial charge is 0.267 e. The van der Waals surface area contributed by atoms with E-state index in [-0.39, 0.29) is 5.91 Å². The Balaban J connectivity index is 1.37. The monoisotopic (exact) mass is 388 g/mol. The summed E-state index contributed by atoms with van der Waals surface area (Å²) in [7, 11) is 0. The Hall–Kier alpha value is -3.71. The third kappa shape index (κ3) is 4.52. The molecule has 2 heterocycles. The summed E-state index contributed by atoms with van der Waals surface area (Å²) >= 11 is 1.27. The Bertz CT molecular complexity index is 1050. The molecule has 0 bridgehead atoms. The molecule has 6 nitrogen and oxygen atoms in total. The van der Waals surface area contributed by atoms with Gasteiger partial charge in [-0.25, -0.2) is 4.98 Å². The Labute approximate surface area is 165 Å². The molecule has 0 aliphatic carbocycles. The number of hydrogen-bond donors (Lipinski definition) is 2. The molecule has 28 heavy (non-hydrogen) atoms. The molecule has 0 saturated carbocycles. The molecule has 7 heteroatoms. The number of pyridine rings is 1. The maximum absolute atomic E-state index is 12.4. The van der Waals surface area contributed by atoms with Gasteiger partial charge in [-0.1, -0.05) is 29.5 Å². The van der Waals surface area contributed by atoms with Gasteiger partial charge < -0.3 is 15.4 Å². The normalized spacial score (nSPS) is 10.3. The predicted molar refractivity (Wildman–Crippen MR) is 111 cm³/mol. The fourth-order valence-corrected chi connectivity index (χ4v) is 3.15. The maximum atomic E-state index is 12.4. The summed E-state index contributed by atoms with van der Waals surface area (Å²) in [6, 6.07) is 20.5. The van der Waals surface area contributed by atoms with Gasteiger partial charge in [0.2, 0.25) is 0 Å². The van der Waals surface area contributed by atoms with Gasteiger partial charge in [-0.3, -0.25) is 9.78 Å². The number of hydrogen-bond acceptors (Lipinski definition) is 6. The fraction of sp³-hybridized carbons (Fsp3) is 0. The van der Waals surface area contributed by atoms with Crippen LogP contribution in [0.15, 0.2) is 85.3 Å². The van der Waals surface area contributed by atoms with Crippen LogP contribution in [0.1, 0.15) is 9.67 Å². The number of anilines is 3. The molecule has 4 rings (SSSR count). The number of carbonyl (C=O) groups excluding carboxylic acids is 1. The summed E-state index contributed by atoms with van der Waals surface area (Å²) in [4.78, 5) is 21.2. The van der Waals surface area contributed by atoms with Gasteiger partial charge in [-0.2, -0.15) is 0 Å². The number of nitrogens with zero attached hydrogens (tertiary/aromatic N) is 2. The summed E-state index contributed by atoms with van der Waals surface area (Å²) in [5.74, 6) is 1.25. The molecule has 0 aliphatic heterocycles. The van der Waals surface area contributed by atoms with Crippen LogP contribution in [0.3, 0.4) is 0 Å². The van der Waals surface area contributed by atoms with E-state index in [9.17, 15) is 4.79 Å². The number of nitrogens with one attached hydrogen (secondary N) is 2. The van der Waals surface area contributed by atoms with Crippen molar-refractivity contribution >= 4 is 33.8 Å². The first-order chi connectivity index (χ1) is 13.8. The molecule has 0 unspecified atom stereocenters. The average molecular weight is 388 g/mol. The van der Waals surface area contributed by atoms with Crippen molar-refractivity contribution in [3.05, 3.63) is 90.2 Å². The summed E-state index contributed by atoms with van der Waals surface area (Å²) in [5, 5.41) is 6.61. The Kier molecular flexibility index (Phi) is 5.26. The lowest BCUT2D eigenvalue weighted by Crippen LogP contribution is -2.09. The van der Waals surface area contributed by atoms with Gasteiger partial charge >= 0.3 is 0 Å². The van der Waals surface area contributed by atoms with Crippen LogP contribution >= 0.6 is 11.3 Å². The lowest BCUT2D eigenvalue weighted by atomic mass is 10.3. The van der Waals surface area contributed by atoms with E-state index >= 15 is 0 Å². The summed E-state index contributed by atoms with van der Waals surface area (Å²) in [6.07, 6.45) is 4.94. The van der Waals surface area contributed by atoms with Crippen molar-refractivity contribution in [2.75, 3.05) is 10.6 Å². The molecule has 4 aromatic rings. The van der Waals surface area contributed by atoms with Gasteiger partial charge in [0, 0.05) is 11.9 Å². The van der Waals surface area contributed by atoms with Crippen LogP contribution in [0.5, 0.6) is 11.5 Å². The van der Waals surface area contributed by atoms with E-state index in [2.05, 4.69) is 20.6 Å². The SMILES string of the molecule is O=C(Nc1ccc(Oc2ccccc2)cc1)c1cnc(Nc2cccnc2)s1. The molecular formula is C21H16N4O2S. The second-order valence-electron chi connectivity index (χ2n) is 5.79. The van der Waals surface area contributed by atoms with Crippen molar-refractivity contribution in [2.24, 2.45) is 0 Å². The van der Waals surface area contributed by atoms with Gasteiger partial charge in [-0.05, 0) is 48.5 Å². The highest BCUT2D eigenvalue weighted by atomic mass is 32.1. The maximum Gasteiger partial charge on any atom is 0.267 e. The van der Waals surface area contributed by atoms with Crippen molar-refractivity contribution in [3.8, 4) is 11.5 Å². The highest BCUT2D eigenvalue weighted by Gasteiger charge is 2.11. The zero-order valence-corrected chi connectivity index (χ0v) is 15.5. The molecule has 2 N–H and O–H groups in total. The van der Waals surface area contributed by atoms with Crippen molar-refractivity contribution in [1.29, 1.82) is 0 Å². The Morgan fingerprint density at radius 2 is 1.64 bits per heavy atom. The first-order valence-corrected chi connectivity index (χ1v) is 9.35. The number of aromatic nitrogens is 2. The number of ether oxygens (including phenoxy) is 1. The quantitative estimate of drug-likeness (QED) is 0.467. The van der Waals surface area contributed by atoms with Crippen LogP contribution in [0.25, 0.3) is 0 Å². The summed E-state index contributed by atoms with van der Waals surface area (Å²) < 4.78 is 5.75. The second-order valence-corrected chi connectivity index (χ2v) is 6.82. The zero-order chi connectivity index (χ0) is 19.2. The van der Waals surface area contributed by atoms with E-state index in [4.69, 9.17) is 4.74 Å². The third-order valence-electron chi connectivity index (χ3n) is 3.73. The van der Waals surface area contributed by atoms with Crippen LogP contribution in [0.4, 0.5) is 16.5 Å². The van der Waals surface area contributed by atoms with E-state index in [1.165, 1.54) is 11.3 Å². The minimum Gasteiger partial charge on any atom is -0.457 e. The molecule has 2 aromatic heterocycles. The van der Waals surface area contributed by atoms with E-state index in [0.717, 1.165) is 11.4 Å². The molecule has 2 aromatic carbocycles. The summed E-state index contributed by atoms with van der Waals surface area (Å²) in [5.41, 5.74) is 1.50. The second kappa shape index (κ2) is 8.32. The number of rotatable bonds is 6. The molecule has 0 fully saturated rings. The van der Waals surface area contributed by atoms with E-state index in [1.54, 1.807) is 30.7 Å². The standard InChI is InChI=1S/C21H16N4O2S/c26-20(19-14-23-21(28-19)25-16-5-4-12-22-13-16)24-15-8-10-18(11-9-15)27-17-6-2-1-3-7-17/h1-14H,(H,23,25)(H,24,26). The van der Waals surface area contributed by atoms with Crippen LogP contribution in [0, 0.1) is 0 Å². The number of benzene rings is 2. The molecule has 0 saturated heterocycles.